The summed E-state index contributed by atoms with van der Waals surface area (Å²) >= 11 is 1.23. The predicted molar refractivity (Wildman–Crippen MR) is 114 cm³/mol. The van der Waals surface area contributed by atoms with Gasteiger partial charge in [-0.15, -0.1) is 10.2 Å². The molecule has 0 radical (unpaired) electrons. The van der Waals surface area contributed by atoms with Gasteiger partial charge in [0, 0.05) is 23.6 Å². The van der Waals surface area contributed by atoms with Crippen LogP contribution >= 0.6 is 11.3 Å². The van der Waals surface area contributed by atoms with E-state index in [1.165, 1.54) is 16.2 Å². The van der Waals surface area contributed by atoms with Gasteiger partial charge in [-0.3, -0.25) is 10.3 Å². The van der Waals surface area contributed by atoms with E-state index in [9.17, 15) is 9.59 Å². The van der Waals surface area contributed by atoms with Gasteiger partial charge in [0.2, 0.25) is 5.13 Å². The van der Waals surface area contributed by atoms with Crippen molar-refractivity contribution in [1.82, 2.24) is 15.2 Å². The fraction of sp³-hybridized carbons (Fsp3) is 0.250. The molecule has 2 heterocycles. The van der Waals surface area contributed by atoms with Crippen LogP contribution in [0.1, 0.15) is 19.4 Å². The minimum atomic E-state index is -0.595. The third-order valence-electron chi connectivity index (χ3n) is 3.94. The first-order valence-electron chi connectivity index (χ1n) is 9.28. The summed E-state index contributed by atoms with van der Waals surface area (Å²) in [6.07, 6.45) is 2.17. The van der Waals surface area contributed by atoms with Gasteiger partial charge in [0.15, 0.2) is 5.01 Å². The molecule has 0 aliphatic carbocycles. The van der Waals surface area contributed by atoms with Crippen LogP contribution in [0, 0.1) is 6.92 Å². The van der Waals surface area contributed by atoms with Gasteiger partial charge in [-0.1, -0.05) is 17.4 Å². The summed E-state index contributed by atoms with van der Waals surface area (Å²) in [7, 11) is 0. The molecule has 0 spiro atoms. The second-order valence-electron chi connectivity index (χ2n) is 6.01. The van der Waals surface area contributed by atoms with Crippen molar-refractivity contribution in [3.8, 4) is 10.6 Å². The van der Waals surface area contributed by atoms with Crippen LogP contribution in [-0.2, 0) is 9.47 Å². The molecule has 3 rings (SSSR count). The largest absolute Gasteiger partial charge is 0.450 e. The Kier molecular flexibility index (Phi) is 6.91. The molecular weight excluding hydrogens is 406 g/mol. The SMILES string of the molecule is CCOC(=O)Nc1ccc(C)c(N(C(=O)OCC)c2nnc(-c3cccnc3)s2)c1. The lowest BCUT2D eigenvalue weighted by Crippen LogP contribution is -2.27. The topological polar surface area (TPSA) is 107 Å². The molecule has 0 fully saturated rings. The van der Waals surface area contributed by atoms with Crippen LogP contribution < -0.4 is 10.2 Å². The number of rotatable bonds is 6. The minimum absolute atomic E-state index is 0.198. The van der Waals surface area contributed by atoms with Crippen molar-refractivity contribution in [3.63, 3.8) is 0 Å². The Labute approximate surface area is 177 Å². The number of amides is 2. The summed E-state index contributed by atoms with van der Waals surface area (Å²) in [5.41, 5.74) is 2.56. The minimum Gasteiger partial charge on any atom is -0.450 e. The van der Waals surface area contributed by atoms with Crippen molar-refractivity contribution in [2.75, 3.05) is 23.4 Å². The van der Waals surface area contributed by atoms with Crippen LogP contribution in [-0.4, -0.2) is 40.6 Å². The van der Waals surface area contributed by atoms with Gasteiger partial charge in [-0.25, -0.2) is 14.5 Å². The molecule has 30 heavy (non-hydrogen) atoms. The van der Waals surface area contributed by atoms with E-state index in [2.05, 4.69) is 20.5 Å². The van der Waals surface area contributed by atoms with Crippen molar-refractivity contribution in [2.24, 2.45) is 0 Å². The summed E-state index contributed by atoms with van der Waals surface area (Å²) < 4.78 is 10.2. The van der Waals surface area contributed by atoms with Crippen LogP contribution in [0.25, 0.3) is 10.6 Å². The first-order chi connectivity index (χ1) is 14.5. The molecule has 0 saturated heterocycles. The second-order valence-corrected chi connectivity index (χ2v) is 6.97. The molecule has 2 amide bonds. The lowest BCUT2D eigenvalue weighted by Gasteiger charge is -2.21. The molecule has 0 unspecified atom stereocenters. The Balaban J connectivity index is 2.00. The highest BCUT2D eigenvalue weighted by molar-refractivity contribution is 7.18. The molecular formula is C20H21N5O4S. The summed E-state index contributed by atoms with van der Waals surface area (Å²) in [6, 6.07) is 8.83. The molecule has 156 valence electrons. The lowest BCUT2D eigenvalue weighted by atomic mass is 10.1. The van der Waals surface area contributed by atoms with Gasteiger partial charge in [-0.2, -0.15) is 0 Å². The fourth-order valence-corrected chi connectivity index (χ4v) is 3.43. The van der Waals surface area contributed by atoms with E-state index < -0.39 is 12.2 Å². The standard InChI is InChI=1S/C20H21N5O4S/c1-4-28-19(26)22-15-9-8-13(3)16(11-15)25(20(27)29-5-2)18-24-23-17(30-18)14-7-6-10-21-12-14/h6-12H,4-5H2,1-3H3,(H,22,26). The monoisotopic (exact) mass is 427 g/mol. The third kappa shape index (κ3) is 4.90. The number of nitrogens with zero attached hydrogens (tertiary/aromatic N) is 4. The summed E-state index contributed by atoms with van der Waals surface area (Å²) in [5, 5.41) is 12.0. The normalized spacial score (nSPS) is 10.4. The predicted octanol–water partition coefficient (Wildman–Crippen LogP) is 4.77. The van der Waals surface area contributed by atoms with E-state index in [0.29, 0.717) is 21.5 Å². The van der Waals surface area contributed by atoms with Gasteiger partial charge < -0.3 is 9.47 Å². The maximum atomic E-state index is 12.8. The number of aryl methyl sites for hydroxylation is 1. The zero-order valence-electron chi connectivity index (χ0n) is 16.8. The molecule has 0 aliphatic rings. The molecule has 10 heteroatoms. The van der Waals surface area contributed by atoms with Crippen molar-refractivity contribution >= 4 is 40.0 Å². The highest BCUT2D eigenvalue weighted by atomic mass is 32.1. The fourth-order valence-electron chi connectivity index (χ4n) is 2.59. The van der Waals surface area contributed by atoms with Gasteiger partial charge in [0.25, 0.3) is 0 Å². The first kappa shape index (κ1) is 21.2. The molecule has 1 N–H and O–H groups in total. The average Bonchev–Trinajstić information content (AvgIpc) is 3.21. The summed E-state index contributed by atoms with van der Waals surface area (Å²) in [6.45, 7) is 5.74. The average molecular weight is 427 g/mol. The highest BCUT2D eigenvalue weighted by Gasteiger charge is 2.26. The number of carbonyl (C=O) groups is 2. The number of anilines is 3. The summed E-state index contributed by atoms with van der Waals surface area (Å²) in [5.74, 6) is 0. The molecule has 2 aromatic heterocycles. The number of carbonyl (C=O) groups excluding carboxylic acids is 2. The van der Waals surface area contributed by atoms with Crippen LogP contribution in [0.15, 0.2) is 42.7 Å². The van der Waals surface area contributed by atoms with Gasteiger partial charge >= 0.3 is 12.2 Å². The van der Waals surface area contributed by atoms with E-state index in [1.54, 1.807) is 50.5 Å². The first-order valence-corrected chi connectivity index (χ1v) is 10.1. The molecule has 0 atom stereocenters. The Bertz CT molecular complexity index is 1030. The molecule has 0 bridgehead atoms. The van der Waals surface area contributed by atoms with Crippen LogP contribution in [0.2, 0.25) is 0 Å². The number of hydrogen-bond donors (Lipinski definition) is 1. The van der Waals surface area contributed by atoms with Crippen molar-refractivity contribution in [2.45, 2.75) is 20.8 Å². The second kappa shape index (κ2) is 9.79. The maximum absolute atomic E-state index is 12.8. The molecule has 0 saturated carbocycles. The van der Waals surface area contributed by atoms with E-state index in [-0.39, 0.29) is 13.2 Å². The van der Waals surface area contributed by atoms with Crippen LogP contribution in [0.4, 0.5) is 26.1 Å². The molecule has 1 aromatic carbocycles. The number of hydrogen-bond acceptors (Lipinski definition) is 8. The van der Waals surface area contributed by atoms with E-state index in [4.69, 9.17) is 9.47 Å². The lowest BCUT2D eigenvalue weighted by molar-refractivity contribution is 0.162. The van der Waals surface area contributed by atoms with E-state index in [1.807, 2.05) is 13.0 Å². The zero-order chi connectivity index (χ0) is 21.5. The Morgan fingerprint density at radius 3 is 2.63 bits per heavy atom. The van der Waals surface area contributed by atoms with Crippen LogP contribution in [0.5, 0.6) is 0 Å². The van der Waals surface area contributed by atoms with Crippen molar-refractivity contribution < 1.29 is 19.1 Å². The zero-order valence-corrected chi connectivity index (χ0v) is 17.6. The van der Waals surface area contributed by atoms with Crippen molar-refractivity contribution in [3.05, 3.63) is 48.3 Å². The smallest absolute Gasteiger partial charge is 0.420 e. The number of ether oxygens (including phenoxy) is 2. The van der Waals surface area contributed by atoms with Gasteiger partial charge in [0.05, 0.1) is 18.9 Å². The van der Waals surface area contributed by atoms with Crippen LogP contribution in [0.3, 0.4) is 0 Å². The quantitative estimate of drug-likeness (QED) is 0.604. The number of aromatic nitrogens is 3. The van der Waals surface area contributed by atoms with Crippen molar-refractivity contribution in [1.29, 1.82) is 0 Å². The number of benzene rings is 1. The molecule has 3 aromatic rings. The van der Waals surface area contributed by atoms with E-state index >= 15 is 0 Å². The number of pyridine rings is 1. The van der Waals surface area contributed by atoms with Gasteiger partial charge in [-0.05, 0) is 50.6 Å². The third-order valence-corrected chi connectivity index (χ3v) is 4.89. The maximum Gasteiger partial charge on any atom is 0.420 e. The van der Waals surface area contributed by atoms with E-state index in [0.717, 1.165) is 11.1 Å². The highest BCUT2D eigenvalue weighted by Crippen LogP contribution is 2.36. The number of nitrogens with one attached hydrogen (secondary N) is 1. The Hall–Kier alpha value is -3.53. The Morgan fingerprint density at radius 2 is 1.93 bits per heavy atom. The molecule has 0 aliphatic heterocycles. The van der Waals surface area contributed by atoms with Gasteiger partial charge in [0.1, 0.15) is 0 Å². The summed E-state index contributed by atoms with van der Waals surface area (Å²) in [4.78, 5) is 30.0. The Morgan fingerprint density at radius 1 is 1.13 bits per heavy atom. The molecule has 9 nitrogen and oxygen atoms in total.